The molecular formula is C32H44N2O11. The van der Waals surface area contributed by atoms with E-state index >= 15 is 0 Å². The zero-order valence-electron chi connectivity index (χ0n) is 25.3. The molecule has 0 amide bonds. The molecule has 0 aromatic heterocycles. The van der Waals surface area contributed by atoms with Gasteiger partial charge in [-0.25, -0.2) is 0 Å². The van der Waals surface area contributed by atoms with Gasteiger partial charge in [-0.3, -0.25) is 15.4 Å². The highest BCUT2D eigenvalue weighted by atomic mass is 16.8. The number of fused-ring (bicyclic) bond motifs is 1. The summed E-state index contributed by atoms with van der Waals surface area (Å²) in [6.45, 7) is 1.96. The molecular weight excluding hydrogens is 588 g/mol. The Kier molecular flexibility index (Phi) is 12.3. The summed E-state index contributed by atoms with van der Waals surface area (Å²) in [4.78, 5) is 12.3. The normalized spacial score (nSPS) is 35.1. The van der Waals surface area contributed by atoms with Gasteiger partial charge in [-0.1, -0.05) is 86.8 Å². The first-order valence-electron chi connectivity index (χ1n) is 15.7. The molecule has 3 saturated heterocycles. The molecule has 5 rings (SSSR count). The molecule has 45 heavy (non-hydrogen) atoms. The maximum absolute atomic E-state index is 12.7. The third-order valence-electron chi connectivity index (χ3n) is 8.49. The molecule has 1 unspecified atom stereocenters. The van der Waals surface area contributed by atoms with E-state index in [1.807, 2.05) is 60.7 Å². The van der Waals surface area contributed by atoms with Gasteiger partial charge < -0.3 is 43.7 Å². The summed E-state index contributed by atoms with van der Waals surface area (Å²) in [5, 5.41) is 47.9. The molecule has 248 valence electrons. The van der Waals surface area contributed by atoms with E-state index in [9.17, 15) is 25.4 Å². The van der Waals surface area contributed by atoms with Crippen molar-refractivity contribution in [1.29, 1.82) is 0 Å². The number of hydrogen-bond donors (Lipinski definition) is 4. The maximum atomic E-state index is 12.7. The first-order valence-corrected chi connectivity index (χ1v) is 15.7. The summed E-state index contributed by atoms with van der Waals surface area (Å²) in [6, 6.07) is 14.8. The highest BCUT2D eigenvalue weighted by molar-refractivity contribution is 5.17. The molecule has 3 heterocycles. The van der Waals surface area contributed by atoms with Crippen molar-refractivity contribution in [3.63, 3.8) is 0 Å². The van der Waals surface area contributed by atoms with E-state index in [1.54, 1.807) is 0 Å². The van der Waals surface area contributed by atoms with Crippen LogP contribution in [-0.4, -0.2) is 101 Å². The second-order valence-electron chi connectivity index (χ2n) is 11.6. The molecule has 3 aliphatic heterocycles. The molecule has 0 radical (unpaired) electrons. The Morgan fingerprint density at radius 2 is 1.64 bits per heavy atom. The number of nitrogens with zero attached hydrogens (tertiary/aromatic N) is 1. The van der Waals surface area contributed by atoms with Crippen LogP contribution in [0.15, 0.2) is 60.7 Å². The van der Waals surface area contributed by atoms with Crippen LogP contribution in [0.1, 0.15) is 50.0 Å². The minimum absolute atomic E-state index is 0.0788. The van der Waals surface area contributed by atoms with Gasteiger partial charge in [-0.15, -0.1) is 0 Å². The quantitative estimate of drug-likeness (QED) is 0.136. The van der Waals surface area contributed by atoms with Crippen LogP contribution in [0.25, 0.3) is 0 Å². The lowest BCUT2D eigenvalue weighted by Crippen LogP contribution is -2.73. The maximum Gasteiger partial charge on any atom is 0.280 e. The van der Waals surface area contributed by atoms with Gasteiger partial charge in [0.2, 0.25) is 6.29 Å². The molecule has 13 heteroatoms. The lowest BCUT2D eigenvalue weighted by atomic mass is 9.90. The Morgan fingerprint density at radius 3 is 2.33 bits per heavy atom. The molecule has 3 aliphatic rings. The van der Waals surface area contributed by atoms with Crippen molar-refractivity contribution in [2.75, 3.05) is 19.8 Å². The molecule has 4 N–H and O–H groups in total. The van der Waals surface area contributed by atoms with Crippen molar-refractivity contribution in [3.8, 4) is 0 Å². The van der Waals surface area contributed by atoms with Crippen LogP contribution >= 0.6 is 0 Å². The molecule has 3 fully saturated rings. The Bertz CT molecular complexity index is 1180. The first-order chi connectivity index (χ1) is 21.9. The molecule has 0 spiro atoms. The van der Waals surface area contributed by atoms with Gasteiger partial charge in [0.1, 0.15) is 36.6 Å². The van der Waals surface area contributed by atoms with Crippen molar-refractivity contribution in [1.82, 2.24) is 5.32 Å². The van der Waals surface area contributed by atoms with Gasteiger partial charge in [-0.2, -0.15) is 0 Å². The van der Waals surface area contributed by atoms with Crippen LogP contribution in [0.3, 0.4) is 0 Å². The minimum Gasteiger partial charge on any atom is -0.394 e. The molecule has 13 nitrogen and oxygen atoms in total. The third-order valence-corrected chi connectivity index (χ3v) is 8.49. The predicted molar refractivity (Wildman–Crippen MR) is 159 cm³/mol. The summed E-state index contributed by atoms with van der Waals surface area (Å²) in [5.74, 6) is 0. The molecule has 2 aromatic rings. The standard InChI is InChI=1S/C32H44N2O11/c1-2-3-4-11-16-40-32-26(34(38)39)24(29-23(44-32)19-42-30(45-29)21-14-9-6-10-15-21)33-25-28(37)27(36)22(17-35)43-31(25)41-18-20-12-7-5-8-13-20/h5-10,12-15,22-33,35-37H,2-4,11,16-19H2,1H3/t22-,23-,24-,25-,26-,27-,28-,29-,30?,31+,32-/m1/s1. The fraction of sp³-hybridized carbons (Fsp3) is 0.625. The van der Waals surface area contributed by atoms with E-state index in [4.69, 9.17) is 28.4 Å². The number of unbranched alkanes of at least 4 members (excludes halogenated alkanes) is 3. The van der Waals surface area contributed by atoms with Crippen LogP contribution in [0.4, 0.5) is 0 Å². The monoisotopic (exact) mass is 632 g/mol. The molecule has 0 bridgehead atoms. The van der Waals surface area contributed by atoms with E-state index in [0.717, 1.165) is 30.4 Å². The van der Waals surface area contributed by atoms with Crippen molar-refractivity contribution < 1.29 is 48.7 Å². The van der Waals surface area contributed by atoms with E-state index in [-0.39, 0.29) is 19.8 Å². The SMILES string of the molecule is CCCCCCO[C@@H]1O[C@@H]2COC(c3ccccc3)O[C@H]2[C@H](N[C@H]2[C@@H](OCc3ccccc3)O[C@H](CO)[C@@H](O)[C@@H]2O)[C@H]1[N+](=O)[O-]. The Hall–Kier alpha value is -2.56. The number of nitrogens with one attached hydrogen (secondary N) is 1. The number of aliphatic hydroxyl groups is 3. The highest BCUT2D eigenvalue weighted by Gasteiger charge is 2.58. The Balaban J connectivity index is 1.42. The first kappa shape index (κ1) is 33.8. The van der Waals surface area contributed by atoms with Crippen LogP contribution < -0.4 is 5.32 Å². The fourth-order valence-electron chi connectivity index (χ4n) is 6.05. The molecule has 11 atom stereocenters. The van der Waals surface area contributed by atoms with Crippen LogP contribution in [-0.2, 0) is 35.0 Å². The van der Waals surface area contributed by atoms with E-state index < -0.39 is 79.0 Å². The molecule has 0 saturated carbocycles. The van der Waals surface area contributed by atoms with Crippen LogP contribution in [0, 0.1) is 10.1 Å². The number of ether oxygens (including phenoxy) is 6. The summed E-state index contributed by atoms with van der Waals surface area (Å²) in [6.07, 6.45) is -5.33. The highest BCUT2D eigenvalue weighted by Crippen LogP contribution is 2.36. The topological polar surface area (TPSA) is 171 Å². The number of aliphatic hydroxyl groups excluding tert-OH is 3. The predicted octanol–water partition coefficient (Wildman–Crippen LogP) is 2.05. The summed E-state index contributed by atoms with van der Waals surface area (Å²) in [7, 11) is 0. The fourth-order valence-corrected chi connectivity index (χ4v) is 6.05. The number of rotatable bonds is 14. The van der Waals surface area contributed by atoms with Crippen LogP contribution in [0.2, 0.25) is 0 Å². The number of nitro groups is 1. The van der Waals surface area contributed by atoms with Crippen molar-refractivity contribution >= 4 is 0 Å². The molecule has 0 aliphatic carbocycles. The van der Waals surface area contributed by atoms with Gasteiger partial charge in [-0.05, 0) is 12.0 Å². The second kappa shape index (κ2) is 16.3. The van der Waals surface area contributed by atoms with E-state index in [0.29, 0.717) is 6.42 Å². The van der Waals surface area contributed by atoms with Crippen LogP contribution in [0.5, 0.6) is 0 Å². The lowest BCUT2D eigenvalue weighted by Gasteiger charge is -2.49. The molecule has 2 aromatic carbocycles. The lowest BCUT2D eigenvalue weighted by molar-refractivity contribution is -0.570. The van der Waals surface area contributed by atoms with E-state index in [1.165, 1.54) is 0 Å². The average molecular weight is 633 g/mol. The van der Waals surface area contributed by atoms with Gasteiger partial charge >= 0.3 is 0 Å². The van der Waals surface area contributed by atoms with Crippen molar-refractivity contribution in [2.24, 2.45) is 0 Å². The second-order valence-corrected chi connectivity index (χ2v) is 11.6. The number of benzene rings is 2. The zero-order valence-corrected chi connectivity index (χ0v) is 25.3. The van der Waals surface area contributed by atoms with Gasteiger partial charge in [0.05, 0.1) is 32.5 Å². The van der Waals surface area contributed by atoms with E-state index in [2.05, 4.69) is 12.2 Å². The summed E-state index contributed by atoms with van der Waals surface area (Å²) < 4.78 is 36.4. The van der Waals surface area contributed by atoms with Gasteiger partial charge in [0, 0.05) is 10.5 Å². The van der Waals surface area contributed by atoms with Crippen molar-refractivity contribution in [3.05, 3.63) is 81.9 Å². The smallest absolute Gasteiger partial charge is 0.280 e. The zero-order chi connectivity index (χ0) is 31.8. The van der Waals surface area contributed by atoms with Gasteiger partial charge in [0.15, 0.2) is 12.6 Å². The number of hydrogen-bond acceptors (Lipinski definition) is 12. The minimum atomic E-state index is -1.51. The van der Waals surface area contributed by atoms with Gasteiger partial charge in [0.25, 0.3) is 6.04 Å². The Morgan fingerprint density at radius 1 is 0.911 bits per heavy atom. The summed E-state index contributed by atoms with van der Waals surface area (Å²) >= 11 is 0. The third kappa shape index (κ3) is 8.24. The Labute approximate surface area is 262 Å². The average Bonchev–Trinajstić information content (AvgIpc) is 3.06. The van der Waals surface area contributed by atoms with Crippen molar-refractivity contribution in [2.45, 2.75) is 107 Å². The summed E-state index contributed by atoms with van der Waals surface area (Å²) in [5.41, 5.74) is 1.55. The largest absolute Gasteiger partial charge is 0.394 e.